The standard InChI is InChI=1S/C50H57FN10O19P2/c1-59(50(66)73-23-30-11-16-32(17-12-30)57-37(62)22-29-9-14-31(51)15-10-29)33(18-13-28-6-3-2-4-7-28)48(64)79-41-34(76-46(40(41)63)61-27-56-39-44(53)54-26-55-45(39)61)25-75-82(70,71)80-42-35(24-74-81(67,68)69)77-47(43(42)78-38-8-5-21-72-38)60-20-19-36(52)58-49(60)65/h2-4,6-7,9-12,14-17,19-20,26-27,33-35,38,40-43,46-47,63H,5,8,13,18,21-25H2,1H3,(H,57,62)(H,70,71)(H2,52,58,65)(H2,53,54,55)(H2,67,68,69)/t33-,34+,35+,38?,40+,41+,42+,43+,46+,47+/m0/s1. The number of hydrogen-bond acceptors (Lipinski definition) is 22. The zero-order chi connectivity index (χ0) is 58.3. The fraction of sp³-hybridized carbons (Fsp3) is 0.400. The van der Waals surface area contributed by atoms with Gasteiger partial charge in [0.2, 0.25) is 5.91 Å². The van der Waals surface area contributed by atoms with Crippen LogP contribution >= 0.6 is 15.6 Å². The summed E-state index contributed by atoms with van der Waals surface area (Å²) < 4.78 is 93.3. The highest BCUT2D eigenvalue weighted by Crippen LogP contribution is 2.51. The van der Waals surface area contributed by atoms with Crippen LogP contribution in [-0.4, -0.2) is 148 Å². The normalized spacial score (nSPS) is 23.8. The number of aliphatic hydroxyl groups is 1. The van der Waals surface area contributed by atoms with Crippen molar-refractivity contribution in [1.82, 2.24) is 34.0 Å². The van der Waals surface area contributed by atoms with Crippen molar-refractivity contribution >= 4 is 62.1 Å². The third-order valence-electron chi connectivity index (χ3n) is 13.3. The number of phosphoric acid groups is 2. The molecule has 0 radical (unpaired) electrons. The van der Waals surface area contributed by atoms with Gasteiger partial charge in [-0.05, 0) is 66.3 Å². The number of carbonyl (C=O) groups excluding carboxylic acids is 3. The number of nitrogens with zero attached hydrogens (tertiary/aromatic N) is 7. The van der Waals surface area contributed by atoms with Gasteiger partial charge in [0, 0.05) is 32.0 Å². The van der Waals surface area contributed by atoms with Crippen molar-refractivity contribution in [2.24, 2.45) is 0 Å². The van der Waals surface area contributed by atoms with Crippen LogP contribution < -0.4 is 22.5 Å². The highest BCUT2D eigenvalue weighted by atomic mass is 31.2. The molecule has 3 fully saturated rings. The molecule has 32 heteroatoms. The van der Waals surface area contributed by atoms with Crippen LogP contribution in [0.3, 0.4) is 0 Å². The second-order valence-electron chi connectivity index (χ2n) is 19.1. The second kappa shape index (κ2) is 26.0. The molecule has 9 rings (SSSR count). The van der Waals surface area contributed by atoms with Crippen molar-refractivity contribution in [2.75, 3.05) is 43.7 Å². The number of aryl methyl sites for hydroxylation is 1. The summed E-state index contributed by atoms with van der Waals surface area (Å²) in [7, 11) is -9.43. The van der Waals surface area contributed by atoms with Crippen LogP contribution in [0.5, 0.6) is 0 Å². The molecule has 9 N–H and O–H groups in total. The molecule has 3 aromatic heterocycles. The minimum Gasteiger partial charge on any atom is -0.455 e. The van der Waals surface area contributed by atoms with Crippen LogP contribution in [0.2, 0.25) is 0 Å². The zero-order valence-electron chi connectivity index (χ0n) is 43.4. The van der Waals surface area contributed by atoms with E-state index in [9.17, 15) is 52.5 Å². The van der Waals surface area contributed by atoms with Gasteiger partial charge in [0.25, 0.3) is 0 Å². The number of nitrogens with one attached hydrogen (secondary N) is 1. The maximum absolute atomic E-state index is 14.6. The van der Waals surface area contributed by atoms with Gasteiger partial charge in [-0.1, -0.05) is 54.6 Å². The van der Waals surface area contributed by atoms with Crippen molar-refractivity contribution in [2.45, 2.75) is 100 Å². The molecule has 0 aliphatic carbocycles. The van der Waals surface area contributed by atoms with E-state index in [1.807, 2.05) is 0 Å². The number of aromatic nitrogens is 6. The molecular weight excluding hydrogens is 1130 g/mol. The number of likely N-dealkylation sites (N-methyl/N-ethyl adjacent to an activating group) is 1. The molecule has 0 bridgehead atoms. The SMILES string of the molecule is CN(C(=O)OCc1ccc(NC(=O)Cc2ccc(F)cc2)cc1)[C@@H](CCc1ccccc1)C(=O)O[C@H]1[C@@H](O)[C@H](n2cnc3c(N)ncnc32)O[C@@H]1COP(=O)(O)O[C@H]1[C@@H](OC2CCCO2)[C@H](n2ccc(N)nc2=O)O[C@@H]1COP(=O)(O)O. The monoisotopic (exact) mass is 1180 g/mol. The summed E-state index contributed by atoms with van der Waals surface area (Å²) in [5, 5.41) is 14.8. The van der Waals surface area contributed by atoms with E-state index in [4.69, 9.17) is 53.5 Å². The Labute approximate surface area is 465 Å². The van der Waals surface area contributed by atoms with Crippen LogP contribution in [-0.2, 0) is 80.2 Å². The summed E-state index contributed by atoms with van der Waals surface area (Å²) in [4.78, 5) is 102. The van der Waals surface area contributed by atoms with Gasteiger partial charge in [-0.25, -0.2) is 42.9 Å². The molecule has 3 aliphatic heterocycles. The Hall–Kier alpha value is -7.15. The Kier molecular flexibility index (Phi) is 18.8. The van der Waals surface area contributed by atoms with Crippen LogP contribution in [0.25, 0.3) is 11.2 Å². The van der Waals surface area contributed by atoms with E-state index < -0.39 is 114 Å². The number of aliphatic hydroxyl groups excluding tert-OH is 1. The molecule has 3 aromatic carbocycles. The van der Waals surface area contributed by atoms with Gasteiger partial charge in [0.05, 0.1) is 26.0 Å². The highest BCUT2D eigenvalue weighted by Gasteiger charge is 2.54. The summed E-state index contributed by atoms with van der Waals surface area (Å²) in [6.45, 7) is -1.99. The zero-order valence-corrected chi connectivity index (χ0v) is 45.2. The van der Waals surface area contributed by atoms with E-state index in [1.54, 1.807) is 54.6 Å². The number of rotatable bonds is 23. The minimum absolute atomic E-state index is 0.000302. The smallest absolute Gasteiger partial charge is 0.455 e. The Balaban J connectivity index is 0.939. The van der Waals surface area contributed by atoms with Crippen LogP contribution in [0, 0.1) is 5.82 Å². The molecule has 6 heterocycles. The van der Waals surface area contributed by atoms with Crippen LogP contribution in [0.1, 0.15) is 48.4 Å². The molecule has 438 valence electrons. The summed E-state index contributed by atoms with van der Waals surface area (Å²) in [5.74, 6) is -2.05. The number of imidazole rings is 1. The number of nitrogen functional groups attached to an aromatic ring is 2. The topological polar surface area (TPSA) is 395 Å². The summed E-state index contributed by atoms with van der Waals surface area (Å²) in [6, 6.07) is 20.7. The molecule has 29 nitrogen and oxygen atoms in total. The number of benzene rings is 3. The number of halogens is 1. The van der Waals surface area contributed by atoms with Crippen molar-refractivity contribution in [1.29, 1.82) is 0 Å². The molecule has 6 aromatic rings. The first-order valence-corrected chi connectivity index (χ1v) is 28.4. The van der Waals surface area contributed by atoms with Gasteiger partial charge in [0.15, 0.2) is 36.3 Å². The largest absolute Gasteiger partial charge is 0.472 e. The second-order valence-corrected chi connectivity index (χ2v) is 21.7. The van der Waals surface area contributed by atoms with Crippen LogP contribution in [0.4, 0.5) is 26.5 Å². The van der Waals surface area contributed by atoms with Gasteiger partial charge in [0.1, 0.15) is 66.6 Å². The van der Waals surface area contributed by atoms with E-state index in [0.29, 0.717) is 29.7 Å². The summed E-state index contributed by atoms with van der Waals surface area (Å²) in [5.41, 5.74) is 13.3. The molecule has 82 heavy (non-hydrogen) atoms. The van der Waals surface area contributed by atoms with E-state index in [0.717, 1.165) is 21.4 Å². The number of carbonyl (C=O) groups is 3. The first kappa shape index (κ1) is 59.5. The Bertz CT molecular complexity index is 3360. The maximum Gasteiger partial charge on any atom is 0.472 e. The highest BCUT2D eigenvalue weighted by molar-refractivity contribution is 7.47. The Morgan fingerprint density at radius 2 is 1.57 bits per heavy atom. The van der Waals surface area contributed by atoms with E-state index >= 15 is 0 Å². The van der Waals surface area contributed by atoms with Crippen molar-refractivity contribution in [3.8, 4) is 0 Å². The van der Waals surface area contributed by atoms with Gasteiger partial charge < -0.3 is 65.0 Å². The molecule has 0 spiro atoms. The fourth-order valence-corrected chi connectivity index (χ4v) is 10.6. The lowest BCUT2D eigenvalue weighted by Crippen LogP contribution is -2.47. The fourth-order valence-electron chi connectivity index (χ4n) is 9.28. The van der Waals surface area contributed by atoms with Crippen molar-refractivity contribution in [3.05, 3.63) is 137 Å². The van der Waals surface area contributed by atoms with Crippen molar-refractivity contribution in [3.63, 3.8) is 0 Å². The molecule has 11 atom stereocenters. The van der Waals surface area contributed by atoms with Gasteiger partial charge in [-0.15, -0.1) is 0 Å². The maximum atomic E-state index is 14.6. The molecular formula is C50H57FN10O19P2. The average Bonchev–Trinajstić information content (AvgIpc) is 4.06. The number of amides is 2. The first-order valence-electron chi connectivity index (χ1n) is 25.4. The predicted molar refractivity (Wildman–Crippen MR) is 281 cm³/mol. The Morgan fingerprint density at radius 3 is 2.28 bits per heavy atom. The quantitative estimate of drug-likeness (QED) is 0.0358. The molecule has 3 saturated heterocycles. The number of esters is 1. The number of nitrogens with two attached hydrogens (primary N) is 2. The van der Waals surface area contributed by atoms with E-state index in [1.165, 1.54) is 54.5 Å². The van der Waals surface area contributed by atoms with E-state index in [2.05, 4.69) is 25.3 Å². The molecule has 3 aliphatic rings. The van der Waals surface area contributed by atoms with Gasteiger partial charge in [-0.3, -0.25) is 32.4 Å². The van der Waals surface area contributed by atoms with Crippen molar-refractivity contribution < 1.29 is 89.7 Å². The number of hydrogen-bond donors (Lipinski definition) is 7. The first-order chi connectivity index (χ1) is 39.2. The number of fused-ring (bicyclic) bond motifs is 1. The average molecular weight is 1180 g/mol. The summed E-state index contributed by atoms with van der Waals surface area (Å²) >= 11 is 0. The lowest BCUT2D eigenvalue weighted by molar-refractivity contribution is -0.181. The van der Waals surface area contributed by atoms with Crippen LogP contribution in [0.15, 0.2) is 109 Å². The number of ether oxygens (including phenoxy) is 6. The predicted octanol–water partition coefficient (Wildman–Crippen LogP) is 3.04. The van der Waals surface area contributed by atoms with E-state index in [-0.39, 0.29) is 61.2 Å². The molecule has 2 amide bonds. The lowest BCUT2D eigenvalue weighted by Gasteiger charge is -2.30. The minimum atomic E-state index is -5.50. The van der Waals surface area contributed by atoms with Gasteiger partial charge >= 0.3 is 33.4 Å². The molecule has 0 saturated carbocycles. The number of phosphoric ester groups is 2. The molecule has 2 unspecified atom stereocenters. The third kappa shape index (κ3) is 14.9. The number of anilines is 3. The Morgan fingerprint density at radius 1 is 0.866 bits per heavy atom. The van der Waals surface area contributed by atoms with Gasteiger partial charge in [-0.2, -0.15) is 4.98 Å². The third-order valence-corrected chi connectivity index (χ3v) is 14.8. The summed E-state index contributed by atoms with van der Waals surface area (Å²) in [6.07, 6.45) is -10.8. The lowest BCUT2D eigenvalue weighted by atomic mass is 10.0.